The number of ether oxygens (including phenoxy) is 1. The molecule has 134 valence electrons. The van der Waals surface area contributed by atoms with E-state index in [1.807, 2.05) is 24.3 Å². The predicted octanol–water partition coefficient (Wildman–Crippen LogP) is 1.91. The van der Waals surface area contributed by atoms with Crippen molar-refractivity contribution in [2.75, 3.05) is 25.1 Å². The largest absolute Gasteiger partial charge is 0.467 e. The van der Waals surface area contributed by atoms with Crippen LogP contribution in [0.5, 0.6) is 0 Å². The number of benzene rings is 1. The van der Waals surface area contributed by atoms with Crippen LogP contribution < -0.4 is 4.90 Å². The molecule has 25 heavy (non-hydrogen) atoms. The van der Waals surface area contributed by atoms with Gasteiger partial charge in [0.05, 0.1) is 13.5 Å². The Bertz CT molecular complexity index is 673. The van der Waals surface area contributed by atoms with Gasteiger partial charge in [-0.25, -0.2) is 4.79 Å². The van der Waals surface area contributed by atoms with E-state index >= 15 is 0 Å². The number of carbonyl (C=O) groups excluding carboxylic acids is 3. The van der Waals surface area contributed by atoms with E-state index in [9.17, 15) is 14.4 Å². The third-order valence-electron chi connectivity index (χ3n) is 4.95. The summed E-state index contributed by atoms with van der Waals surface area (Å²) in [6.45, 7) is 1.32. The predicted molar refractivity (Wildman–Crippen MR) is 93.1 cm³/mol. The minimum Gasteiger partial charge on any atom is -0.467 e. The molecule has 0 bridgehead atoms. The smallest absolute Gasteiger partial charge is 0.328 e. The number of methoxy groups -OCH3 is 1. The lowest BCUT2D eigenvalue weighted by Gasteiger charge is -2.34. The van der Waals surface area contributed by atoms with Crippen LogP contribution in [0.2, 0.25) is 0 Å². The van der Waals surface area contributed by atoms with Gasteiger partial charge in [0, 0.05) is 25.2 Å². The molecule has 1 aromatic carbocycles. The highest BCUT2D eigenvalue weighted by Crippen LogP contribution is 2.24. The topological polar surface area (TPSA) is 66.9 Å². The second-order valence-electron chi connectivity index (χ2n) is 6.62. The van der Waals surface area contributed by atoms with Crippen molar-refractivity contribution >= 4 is 23.5 Å². The third-order valence-corrected chi connectivity index (χ3v) is 4.95. The molecule has 0 aromatic heterocycles. The quantitative estimate of drug-likeness (QED) is 0.783. The van der Waals surface area contributed by atoms with Crippen LogP contribution in [0.25, 0.3) is 0 Å². The average molecular weight is 344 g/mol. The maximum Gasteiger partial charge on any atom is 0.328 e. The zero-order valence-corrected chi connectivity index (χ0v) is 14.6. The van der Waals surface area contributed by atoms with Crippen LogP contribution in [-0.4, -0.2) is 48.9 Å². The van der Waals surface area contributed by atoms with Gasteiger partial charge < -0.3 is 14.5 Å². The van der Waals surface area contributed by atoms with Crippen LogP contribution in [0.1, 0.15) is 37.7 Å². The van der Waals surface area contributed by atoms with Gasteiger partial charge in [0.2, 0.25) is 11.8 Å². The van der Waals surface area contributed by atoms with Crippen molar-refractivity contribution in [3.8, 4) is 0 Å². The molecule has 0 radical (unpaired) electrons. The first-order valence-electron chi connectivity index (χ1n) is 8.87. The van der Waals surface area contributed by atoms with Crippen LogP contribution in [-0.2, 0) is 25.5 Å². The van der Waals surface area contributed by atoms with Crippen LogP contribution in [0.3, 0.4) is 0 Å². The van der Waals surface area contributed by atoms with Gasteiger partial charge in [0.15, 0.2) is 0 Å². The average Bonchev–Trinajstić information content (AvgIpc) is 3.07. The Morgan fingerprint density at radius 3 is 2.76 bits per heavy atom. The van der Waals surface area contributed by atoms with Gasteiger partial charge in [-0.15, -0.1) is 0 Å². The summed E-state index contributed by atoms with van der Waals surface area (Å²) in [5, 5.41) is 0. The first-order valence-corrected chi connectivity index (χ1v) is 8.87. The number of hydrogen-bond donors (Lipinski definition) is 0. The molecule has 2 heterocycles. The summed E-state index contributed by atoms with van der Waals surface area (Å²) in [4.78, 5) is 40.0. The normalized spacial score (nSPS) is 20.7. The molecular formula is C19H24N2O4. The van der Waals surface area contributed by atoms with Crippen molar-refractivity contribution < 1.29 is 19.1 Å². The van der Waals surface area contributed by atoms with Gasteiger partial charge in [-0.2, -0.15) is 0 Å². The Hall–Kier alpha value is -2.37. The third kappa shape index (κ3) is 3.83. The molecule has 1 aromatic rings. The van der Waals surface area contributed by atoms with Crippen LogP contribution in [0.15, 0.2) is 24.3 Å². The lowest BCUT2D eigenvalue weighted by atomic mass is 10.0. The Balaban J connectivity index is 1.71. The van der Waals surface area contributed by atoms with Crippen molar-refractivity contribution in [3.63, 3.8) is 0 Å². The number of rotatable bonds is 4. The summed E-state index contributed by atoms with van der Waals surface area (Å²) in [6, 6.07) is 7.08. The van der Waals surface area contributed by atoms with Crippen LogP contribution in [0, 0.1) is 0 Å². The Kier molecular flexibility index (Phi) is 5.36. The molecule has 0 aliphatic carbocycles. The molecule has 3 rings (SSSR count). The molecule has 2 amide bonds. The van der Waals surface area contributed by atoms with E-state index in [2.05, 4.69) is 0 Å². The number of likely N-dealkylation sites (tertiary alicyclic amines) is 1. The fourth-order valence-electron chi connectivity index (χ4n) is 3.64. The molecular weight excluding hydrogens is 320 g/mol. The van der Waals surface area contributed by atoms with Gasteiger partial charge in [-0.3, -0.25) is 9.59 Å². The Labute approximate surface area is 147 Å². The number of nitrogens with zero attached hydrogens (tertiary/aromatic N) is 2. The number of piperidine rings is 1. The molecule has 0 spiro atoms. The van der Waals surface area contributed by atoms with Crippen molar-refractivity contribution in [2.45, 2.75) is 44.6 Å². The first kappa shape index (κ1) is 17.5. The minimum atomic E-state index is -0.477. The maximum absolute atomic E-state index is 12.7. The van der Waals surface area contributed by atoms with Gasteiger partial charge in [0.25, 0.3) is 0 Å². The second-order valence-corrected chi connectivity index (χ2v) is 6.62. The van der Waals surface area contributed by atoms with Crippen molar-refractivity contribution in [3.05, 3.63) is 29.8 Å². The minimum absolute atomic E-state index is 0.0694. The fourth-order valence-corrected chi connectivity index (χ4v) is 3.64. The summed E-state index contributed by atoms with van der Waals surface area (Å²) >= 11 is 0. The monoisotopic (exact) mass is 344 g/mol. The summed E-state index contributed by atoms with van der Waals surface area (Å²) in [5.74, 6) is -0.283. The molecule has 0 unspecified atom stereocenters. The van der Waals surface area contributed by atoms with Crippen LogP contribution in [0.4, 0.5) is 5.69 Å². The van der Waals surface area contributed by atoms with Crippen molar-refractivity contribution in [1.29, 1.82) is 0 Å². The zero-order chi connectivity index (χ0) is 17.8. The van der Waals surface area contributed by atoms with Gasteiger partial charge in [-0.1, -0.05) is 12.1 Å². The lowest BCUT2D eigenvalue weighted by Crippen LogP contribution is -2.49. The Morgan fingerprint density at radius 2 is 2.04 bits per heavy atom. The molecule has 2 fully saturated rings. The van der Waals surface area contributed by atoms with Crippen molar-refractivity contribution in [1.82, 2.24) is 4.90 Å². The molecule has 2 saturated heterocycles. The molecule has 2 aliphatic rings. The summed E-state index contributed by atoms with van der Waals surface area (Å²) in [5.41, 5.74) is 1.70. The second kappa shape index (κ2) is 7.68. The van der Waals surface area contributed by atoms with Gasteiger partial charge in [-0.05, 0) is 43.4 Å². The van der Waals surface area contributed by atoms with E-state index in [0.717, 1.165) is 37.1 Å². The summed E-state index contributed by atoms with van der Waals surface area (Å²) in [6.07, 6.45) is 4.16. The van der Waals surface area contributed by atoms with E-state index in [1.165, 1.54) is 7.11 Å². The molecule has 0 saturated carbocycles. The van der Waals surface area contributed by atoms with Crippen molar-refractivity contribution in [2.24, 2.45) is 0 Å². The summed E-state index contributed by atoms with van der Waals surface area (Å²) in [7, 11) is 1.36. The zero-order valence-electron chi connectivity index (χ0n) is 14.6. The van der Waals surface area contributed by atoms with E-state index in [1.54, 1.807) is 9.80 Å². The molecule has 6 nitrogen and oxygen atoms in total. The molecule has 2 aliphatic heterocycles. The lowest BCUT2D eigenvalue weighted by molar-refractivity contribution is -0.154. The highest BCUT2D eigenvalue weighted by molar-refractivity contribution is 5.95. The highest BCUT2D eigenvalue weighted by atomic mass is 16.5. The summed E-state index contributed by atoms with van der Waals surface area (Å²) < 4.78 is 4.84. The van der Waals surface area contributed by atoms with E-state index in [4.69, 9.17) is 4.74 Å². The maximum atomic E-state index is 12.7. The first-order chi connectivity index (χ1) is 12.1. The highest BCUT2D eigenvalue weighted by Gasteiger charge is 2.32. The Morgan fingerprint density at radius 1 is 1.20 bits per heavy atom. The molecule has 1 atom stereocenters. The standard InChI is InChI=1S/C19H24N2O4/c1-25-19(24)16-8-2-3-10-21(16)18(23)13-14-6-4-7-15(12-14)20-11-5-9-17(20)22/h4,6-7,12,16H,2-3,5,8-11,13H2,1H3/t16-/m1/s1. The number of anilines is 1. The van der Waals surface area contributed by atoms with E-state index < -0.39 is 6.04 Å². The molecule has 6 heteroatoms. The number of esters is 1. The van der Waals surface area contributed by atoms with Gasteiger partial charge >= 0.3 is 5.97 Å². The van der Waals surface area contributed by atoms with E-state index in [-0.39, 0.29) is 24.2 Å². The van der Waals surface area contributed by atoms with E-state index in [0.29, 0.717) is 19.4 Å². The SMILES string of the molecule is COC(=O)[C@H]1CCCCN1C(=O)Cc1cccc(N2CCCC2=O)c1. The van der Waals surface area contributed by atoms with Crippen LogP contribution >= 0.6 is 0 Å². The number of hydrogen-bond acceptors (Lipinski definition) is 4. The number of carbonyl (C=O) groups is 3. The molecule has 0 N–H and O–H groups in total. The fraction of sp³-hybridized carbons (Fsp3) is 0.526. The number of amides is 2. The van der Waals surface area contributed by atoms with Gasteiger partial charge in [0.1, 0.15) is 6.04 Å².